The molecule has 23 heavy (non-hydrogen) atoms. The number of nitrogens with one attached hydrogen (secondary N) is 1. The summed E-state index contributed by atoms with van der Waals surface area (Å²) in [6.07, 6.45) is 4.27. The van der Waals surface area contributed by atoms with Crippen molar-refractivity contribution in [3.63, 3.8) is 0 Å². The van der Waals surface area contributed by atoms with Gasteiger partial charge >= 0.3 is 0 Å². The lowest BCUT2D eigenvalue weighted by molar-refractivity contribution is 0.0352. The lowest BCUT2D eigenvalue weighted by atomic mass is 10.2. The lowest BCUT2D eigenvalue weighted by Crippen LogP contribution is -2.33. The molecule has 0 unspecified atom stereocenters. The fourth-order valence-corrected chi connectivity index (χ4v) is 2.15. The van der Waals surface area contributed by atoms with E-state index in [0.29, 0.717) is 26.3 Å². The molecule has 0 aromatic heterocycles. The van der Waals surface area contributed by atoms with E-state index < -0.39 is 6.10 Å². The van der Waals surface area contributed by atoms with Crippen LogP contribution in [0.1, 0.15) is 32.6 Å². The van der Waals surface area contributed by atoms with Crippen LogP contribution in [0.4, 0.5) is 0 Å². The minimum Gasteiger partial charge on any atom is -0.493 e. The number of aliphatic hydroxyl groups is 1. The lowest BCUT2D eigenvalue weighted by Gasteiger charge is -2.13. The topological polar surface area (TPSA) is 60.0 Å². The van der Waals surface area contributed by atoms with Crippen LogP contribution < -0.4 is 14.8 Å². The Bertz CT molecular complexity index is 400. The fraction of sp³-hybridized carbons (Fsp3) is 0.667. The number of methoxy groups -OCH3 is 1. The first-order valence-electron chi connectivity index (χ1n) is 8.50. The van der Waals surface area contributed by atoms with Crippen molar-refractivity contribution in [2.24, 2.45) is 0 Å². The standard InChI is InChI=1S/C18H31NO4/c1-3-4-5-8-12-22-15-16(20)14-19-11-13-23-18-10-7-6-9-17(18)21-2/h6-7,9-10,16,19-20H,3-5,8,11-15H2,1-2H3/t16-/m0/s1. The van der Waals surface area contributed by atoms with Gasteiger partial charge in [-0.25, -0.2) is 0 Å². The Balaban J connectivity index is 1.99. The fourth-order valence-electron chi connectivity index (χ4n) is 2.15. The van der Waals surface area contributed by atoms with E-state index in [2.05, 4.69) is 12.2 Å². The minimum atomic E-state index is -0.479. The molecule has 5 heteroatoms. The monoisotopic (exact) mass is 325 g/mol. The molecule has 0 amide bonds. The number of unbranched alkanes of at least 4 members (excludes halogenated alkanes) is 3. The highest BCUT2D eigenvalue weighted by Crippen LogP contribution is 2.25. The Hall–Kier alpha value is -1.30. The second-order valence-corrected chi connectivity index (χ2v) is 5.49. The van der Waals surface area contributed by atoms with E-state index in [1.54, 1.807) is 7.11 Å². The van der Waals surface area contributed by atoms with Crippen LogP contribution in [0.15, 0.2) is 24.3 Å². The number of rotatable bonds is 14. The maximum absolute atomic E-state index is 9.80. The largest absolute Gasteiger partial charge is 0.493 e. The summed E-state index contributed by atoms with van der Waals surface area (Å²) in [6, 6.07) is 7.56. The normalized spacial score (nSPS) is 12.1. The van der Waals surface area contributed by atoms with Crippen LogP contribution in [-0.4, -0.2) is 51.2 Å². The molecule has 1 aromatic rings. The Kier molecular flexibility index (Phi) is 11.3. The number of benzene rings is 1. The third-order valence-corrected chi connectivity index (χ3v) is 3.44. The zero-order valence-electron chi connectivity index (χ0n) is 14.4. The van der Waals surface area contributed by atoms with E-state index in [1.807, 2.05) is 24.3 Å². The van der Waals surface area contributed by atoms with Crippen molar-refractivity contribution in [1.29, 1.82) is 0 Å². The SMILES string of the molecule is CCCCCCOC[C@@H](O)CNCCOc1ccccc1OC. The highest BCUT2D eigenvalue weighted by molar-refractivity contribution is 5.39. The van der Waals surface area contributed by atoms with Gasteiger partial charge in [-0.2, -0.15) is 0 Å². The zero-order chi connectivity index (χ0) is 16.8. The van der Waals surface area contributed by atoms with Crippen molar-refractivity contribution < 1.29 is 19.3 Å². The summed E-state index contributed by atoms with van der Waals surface area (Å²) in [5.74, 6) is 1.46. The predicted octanol–water partition coefficient (Wildman–Crippen LogP) is 2.62. The molecule has 0 bridgehead atoms. The van der Waals surface area contributed by atoms with Crippen molar-refractivity contribution in [3.8, 4) is 11.5 Å². The minimum absolute atomic E-state index is 0.381. The number of aliphatic hydroxyl groups excluding tert-OH is 1. The van der Waals surface area contributed by atoms with Crippen molar-refractivity contribution in [2.75, 3.05) is 40.0 Å². The average molecular weight is 325 g/mol. The van der Waals surface area contributed by atoms with E-state index >= 15 is 0 Å². The molecule has 0 spiro atoms. The van der Waals surface area contributed by atoms with Crippen LogP contribution in [0, 0.1) is 0 Å². The van der Waals surface area contributed by atoms with Crippen LogP contribution >= 0.6 is 0 Å². The zero-order valence-corrected chi connectivity index (χ0v) is 14.4. The predicted molar refractivity (Wildman–Crippen MR) is 92.3 cm³/mol. The van der Waals surface area contributed by atoms with Gasteiger partial charge in [0.05, 0.1) is 19.8 Å². The molecule has 0 aliphatic carbocycles. The van der Waals surface area contributed by atoms with Crippen LogP contribution in [0.25, 0.3) is 0 Å². The first-order valence-corrected chi connectivity index (χ1v) is 8.50. The first kappa shape index (κ1) is 19.7. The molecule has 0 fully saturated rings. The van der Waals surface area contributed by atoms with Crippen LogP contribution in [0.3, 0.4) is 0 Å². The smallest absolute Gasteiger partial charge is 0.161 e. The van der Waals surface area contributed by atoms with Gasteiger partial charge in [0.25, 0.3) is 0 Å². The van der Waals surface area contributed by atoms with Crippen LogP contribution in [0.5, 0.6) is 11.5 Å². The Morgan fingerprint density at radius 3 is 2.61 bits per heavy atom. The van der Waals surface area contributed by atoms with Gasteiger partial charge < -0.3 is 24.6 Å². The molecule has 0 saturated carbocycles. The van der Waals surface area contributed by atoms with Gasteiger partial charge in [0.15, 0.2) is 11.5 Å². The van der Waals surface area contributed by atoms with Crippen molar-refractivity contribution >= 4 is 0 Å². The van der Waals surface area contributed by atoms with Gasteiger partial charge in [0, 0.05) is 19.7 Å². The van der Waals surface area contributed by atoms with Crippen LogP contribution in [-0.2, 0) is 4.74 Å². The molecule has 0 aliphatic rings. The second kappa shape index (κ2) is 13.2. The molecule has 1 atom stereocenters. The van der Waals surface area contributed by atoms with Crippen molar-refractivity contribution in [3.05, 3.63) is 24.3 Å². The van der Waals surface area contributed by atoms with E-state index in [9.17, 15) is 5.11 Å². The van der Waals surface area contributed by atoms with Crippen molar-refractivity contribution in [2.45, 2.75) is 38.7 Å². The maximum atomic E-state index is 9.80. The quantitative estimate of drug-likeness (QED) is 0.515. The molecule has 5 nitrogen and oxygen atoms in total. The van der Waals surface area contributed by atoms with Gasteiger partial charge in [-0.3, -0.25) is 0 Å². The highest BCUT2D eigenvalue weighted by Gasteiger charge is 2.05. The van der Waals surface area contributed by atoms with Crippen LogP contribution in [0.2, 0.25) is 0 Å². The molecular weight excluding hydrogens is 294 g/mol. The maximum Gasteiger partial charge on any atom is 0.161 e. The average Bonchev–Trinajstić information content (AvgIpc) is 2.58. The molecule has 0 radical (unpaired) electrons. The van der Waals surface area contributed by atoms with E-state index in [4.69, 9.17) is 14.2 Å². The number of para-hydroxylation sites is 2. The Morgan fingerprint density at radius 2 is 1.87 bits per heavy atom. The summed E-state index contributed by atoms with van der Waals surface area (Å²) >= 11 is 0. The van der Waals surface area contributed by atoms with Gasteiger partial charge in [0.1, 0.15) is 6.61 Å². The highest BCUT2D eigenvalue weighted by atomic mass is 16.5. The summed E-state index contributed by atoms with van der Waals surface area (Å²) in [7, 11) is 1.62. The Morgan fingerprint density at radius 1 is 1.09 bits per heavy atom. The summed E-state index contributed by atoms with van der Waals surface area (Å²) in [5, 5.41) is 13.0. The third kappa shape index (κ3) is 9.43. The third-order valence-electron chi connectivity index (χ3n) is 3.44. The molecular formula is C18H31NO4. The van der Waals surface area contributed by atoms with E-state index in [-0.39, 0.29) is 0 Å². The summed E-state index contributed by atoms with van der Waals surface area (Å²) in [4.78, 5) is 0. The molecule has 132 valence electrons. The van der Waals surface area contributed by atoms with E-state index in [1.165, 1.54) is 19.3 Å². The molecule has 0 heterocycles. The van der Waals surface area contributed by atoms with Gasteiger partial charge in [0.2, 0.25) is 0 Å². The van der Waals surface area contributed by atoms with E-state index in [0.717, 1.165) is 24.5 Å². The summed E-state index contributed by atoms with van der Waals surface area (Å²) in [5.41, 5.74) is 0. The second-order valence-electron chi connectivity index (χ2n) is 5.49. The van der Waals surface area contributed by atoms with Gasteiger partial charge in [-0.05, 0) is 18.6 Å². The van der Waals surface area contributed by atoms with Gasteiger partial charge in [-0.15, -0.1) is 0 Å². The molecule has 1 rings (SSSR count). The molecule has 2 N–H and O–H groups in total. The molecule has 0 aliphatic heterocycles. The molecule has 1 aromatic carbocycles. The number of ether oxygens (including phenoxy) is 3. The van der Waals surface area contributed by atoms with Gasteiger partial charge in [-0.1, -0.05) is 38.3 Å². The number of hydrogen-bond acceptors (Lipinski definition) is 5. The summed E-state index contributed by atoms with van der Waals surface area (Å²) in [6.45, 7) is 4.98. The number of hydrogen-bond donors (Lipinski definition) is 2. The first-order chi connectivity index (χ1) is 11.3. The van der Waals surface area contributed by atoms with Crippen molar-refractivity contribution in [1.82, 2.24) is 5.32 Å². The Labute approximate surface area is 139 Å². The molecule has 0 saturated heterocycles. The summed E-state index contributed by atoms with van der Waals surface area (Å²) < 4.78 is 16.3.